The fourth-order valence-electron chi connectivity index (χ4n) is 4.07. The lowest BCUT2D eigenvalue weighted by Gasteiger charge is -2.18. The molecule has 0 fully saturated rings. The van der Waals surface area contributed by atoms with Crippen molar-refractivity contribution in [1.29, 1.82) is 0 Å². The molecular formula is C23H20ClN3O2S. The van der Waals surface area contributed by atoms with Gasteiger partial charge in [-0.25, -0.2) is 4.98 Å². The number of nitrogens with one attached hydrogen (secondary N) is 1. The topological polar surface area (TPSA) is 81.2 Å². The Balaban J connectivity index is 1.67. The summed E-state index contributed by atoms with van der Waals surface area (Å²) in [7, 11) is 0. The first kappa shape index (κ1) is 19.2. The first-order chi connectivity index (χ1) is 14.5. The van der Waals surface area contributed by atoms with E-state index in [-0.39, 0.29) is 5.91 Å². The van der Waals surface area contributed by atoms with Crippen LogP contribution in [-0.2, 0) is 12.8 Å². The van der Waals surface area contributed by atoms with Crippen molar-refractivity contribution in [2.24, 2.45) is 0 Å². The monoisotopic (exact) mass is 437 g/mol. The van der Waals surface area contributed by atoms with E-state index >= 15 is 0 Å². The summed E-state index contributed by atoms with van der Waals surface area (Å²) in [4.78, 5) is 19.1. The number of nitrogen functional groups attached to an aromatic ring is 1. The number of halogens is 1. The molecule has 3 N–H and O–H groups in total. The summed E-state index contributed by atoms with van der Waals surface area (Å²) in [5, 5.41) is 4.26. The molecule has 5 rings (SSSR count). The number of carbonyl (C=O) groups excluding carboxylic acids is 1. The maximum Gasteiger partial charge on any atom is 0.267 e. The largest absolute Gasteiger partial charge is 0.461 e. The average Bonchev–Trinajstić information content (AvgIpc) is 3.29. The van der Waals surface area contributed by atoms with Gasteiger partial charge in [-0.3, -0.25) is 4.79 Å². The highest BCUT2D eigenvalue weighted by Gasteiger charge is 2.27. The molecule has 0 saturated carbocycles. The van der Waals surface area contributed by atoms with Crippen LogP contribution in [0.25, 0.3) is 21.5 Å². The van der Waals surface area contributed by atoms with Gasteiger partial charge in [0.1, 0.15) is 21.2 Å². The molecule has 7 heteroatoms. The molecule has 1 aliphatic carbocycles. The Hall–Kier alpha value is -2.83. The van der Waals surface area contributed by atoms with Gasteiger partial charge in [0.25, 0.3) is 5.91 Å². The van der Waals surface area contributed by atoms with Crippen molar-refractivity contribution >= 4 is 50.4 Å². The van der Waals surface area contributed by atoms with Crippen LogP contribution in [0.3, 0.4) is 0 Å². The van der Waals surface area contributed by atoms with E-state index in [9.17, 15) is 4.79 Å². The maximum absolute atomic E-state index is 13.0. The van der Waals surface area contributed by atoms with Crippen LogP contribution in [0.5, 0.6) is 0 Å². The fourth-order valence-corrected chi connectivity index (χ4v) is 5.28. The molecule has 4 aromatic rings. The van der Waals surface area contributed by atoms with E-state index in [1.807, 2.05) is 19.1 Å². The van der Waals surface area contributed by atoms with E-state index in [2.05, 4.69) is 5.32 Å². The molecule has 0 bridgehead atoms. The van der Waals surface area contributed by atoms with Gasteiger partial charge >= 0.3 is 0 Å². The van der Waals surface area contributed by atoms with Crippen LogP contribution in [-0.4, -0.2) is 10.9 Å². The highest BCUT2D eigenvalue weighted by molar-refractivity contribution is 7.21. The van der Waals surface area contributed by atoms with Crippen molar-refractivity contribution < 1.29 is 9.21 Å². The number of rotatable bonds is 3. The molecule has 5 nitrogen and oxygen atoms in total. The van der Waals surface area contributed by atoms with Gasteiger partial charge in [0.15, 0.2) is 0 Å². The number of anilines is 2. The fraction of sp³-hybridized carbons (Fsp3) is 0.217. The molecule has 0 aliphatic heterocycles. The number of nitrogens with zero attached hydrogens (tertiary/aromatic N) is 1. The number of thiophene rings is 1. The van der Waals surface area contributed by atoms with Gasteiger partial charge in [0.05, 0.1) is 5.69 Å². The van der Waals surface area contributed by atoms with Crippen LogP contribution in [0.1, 0.15) is 39.5 Å². The zero-order valence-electron chi connectivity index (χ0n) is 16.4. The third-order valence-corrected chi connectivity index (χ3v) is 6.76. The SMILES string of the molecule is Cc1ccc(-c2c3c(nc4sc(C(=O)Nc5cccc(Cl)c5)c(N)c24)CCCC3)o1. The summed E-state index contributed by atoms with van der Waals surface area (Å²) >= 11 is 7.36. The summed E-state index contributed by atoms with van der Waals surface area (Å²) < 4.78 is 5.98. The molecule has 1 aromatic carbocycles. The summed E-state index contributed by atoms with van der Waals surface area (Å²) in [6.07, 6.45) is 4.09. The number of amides is 1. The molecule has 0 radical (unpaired) electrons. The van der Waals surface area contributed by atoms with Crippen LogP contribution < -0.4 is 11.1 Å². The molecule has 152 valence electrons. The number of pyridine rings is 1. The molecule has 0 atom stereocenters. The summed E-state index contributed by atoms with van der Waals surface area (Å²) in [6.45, 7) is 1.93. The zero-order chi connectivity index (χ0) is 20.8. The second-order valence-electron chi connectivity index (χ2n) is 7.52. The van der Waals surface area contributed by atoms with Gasteiger partial charge in [-0.15, -0.1) is 11.3 Å². The zero-order valence-corrected chi connectivity index (χ0v) is 18.0. The Labute approximate surface area is 182 Å². The number of hydrogen-bond donors (Lipinski definition) is 2. The minimum Gasteiger partial charge on any atom is -0.461 e. The minimum absolute atomic E-state index is 0.266. The van der Waals surface area contributed by atoms with Crippen molar-refractivity contribution in [3.8, 4) is 11.3 Å². The van der Waals surface area contributed by atoms with E-state index in [4.69, 9.17) is 26.7 Å². The van der Waals surface area contributed by atoms with E-state index < -0.39 is 0 Å². The first-order valence-corrected chi connectivity index (χ1v) is 11.1. The van der Waals surface area contributed by atoms with Crippen LogP contribution in [0.15, 0.2) is 40.8 Å². The van der Waals surface area contributed by atoms with Gasteiger partial charge in [-0.1, -0.05) is 17.7 Å². The lowest BCUT2D eigenvalue weighted by Crippen LogP contribution is -2.12. The number of fused-ring (bicyclic) bond motifs is 2. The summed E-state index contributed by atoms with van der Waals surface area (Å²) in [5.41, 5.74) is 10.9. The van der Waals surface area contributed by atoms with Gasteiger partial charge in [0.2, 0.25) is 0 Å². The van der Waals surface area contributed by atoms with E-state index in [0.717, 1.165) is 58.7 Å². The van der Waals surface area contributed by atoms with Crippen LogP contribution in [0, 0.1) is 6.92 Å². The molecule has 1 amide bonds. The molecule has 30 heavy (non-hydrogen) atoms. The summed E-state index contributed by atoms with van der Waals surface area (Å²) in [5.74, 6) is 1.36. The second-order valence-corrected chi connectivity index (χ2v) is 8.95. The van der Waals surface area contributed by atoms with Crippen LogP contribution in [0.4, 0.5) is 11.4 Å². The highest BCUT2D eigenvalue weighted by atomic mass is 35.5. The number of aryl methyl sites for hydroxylation is 2. The highest BCUT2D eigenvalue weighted by Crippen LogP contribution is 2.44. The van der Waals surface area contributed by atoms with Crippen LogP contribution in [0.2, 0.25) is 5.02 Å². The summed E-state index contributed by atoms with van der Waals surface area (Å²) in [6, 6.07) is 11.0. The van der Waals surface area contributed by atoms with Crippen molar-refractivity contribution in [3.05, 3.63) is 63.3 Å². The predicted octanol–water partition coefficient (Wildman–Crippen LogP) is 6.23. The normalized spacial score (nSPS) is 13.4. The molecule has 1 aliphatic rings. The smallest absolute Gasteiger partial charge is 0.267 e. The van der Waals surface area contributed by atoms with Crippen molar-refractivity contribution in [3.63, 3.8) is 0 Å². The predicted molar refractivity (Wildman–Crippen MR) is 123 cm³/mol. The number of hydrogen-bond acceptors (Lipinski definition) is 5. The molecular weight excluding hydrogens is 418 g/mol. The van der Waals surface area contributed by atoms with Gasteiger partial charge in [-0.05, 0) is 68.5 Å². The van der Waals surface area contributed by atoms with Gasteiger partial charge in [0, 0.05) is 27.4 Å². The number of carbonyl (C=O) groups is 1. The lowest BCUT2D eigenvalue weighted by molar-refractivity contribution is 0.103. The Bertz CT molecular complexity index is 1290. The molecule has 0 unspecified atom stereocenters. The maximum atomic E-state index is 13.0. The van der Waals surface area contributed by atoms with E-state index in [0.29, 0.717) is 21.3 Å². The van der Waals surface area contributed by atoms with Gasteiger partial charge < -0.3 is 15.5 Å². The number of aromatic nitrogens is 1. The molecule has 0 spiro atoms. The number of furan rings is 1. The third kappa shape index (κ3) is 3.26. The lowest BCUT2D eigenvalue weighted by atomic mass is 9.89. The third-order valence-electron chi connectivity index (χ3n) is 5.43. The Kier molecular flexibility index (Phi) is 4.76. The van der Waals surface area contributed by atoms with Crippen molar-refractivity contribution in [1.82, 2.24) is 4.98 Å². The van der Waals surface area contributed by atoms with Crippen molar-refractivity contribution in [2.75, 3.05) is 11.1 Å². The first-order valence-electron chi connectivity index (χ1n) is 9.88. The number of nitrogens with two attached hydrogens (primary N) is 1. The molecule has 3 aromatic heterocycles. The van der Waals surface area contributed by atoms with E-state index in [1.165, 1.54) is 16.9 Å². The standard InChI is InChI=1S/C23H20ClN3O2S/c1-12-9-10-17(29-12)18-15-7-2-3-8-16(15)27-23-19(18)20(25)21(30-23)22(28)26-14-6-4-5-13(24)11-14/h4-6,9-11H,2-3,7-8,25H2,1H3,(H,26,28). The Morgan fingerprint density at radius 2 is 2.07 bits per heavy atom. The van der Waals surface area contributed by atoms with Crippen molar-refractivity contribution in [2.45, 2.75) is 32.6 Å². The Morgan fingerprint density at radius 3 is 2.83 bits per heavy atom. The average molecular weight is 438 g/mol. The Morgan fingerprint density at radius 1 is 1.23 bits per heavy atom. The van der Waals surface area contributed by atoms with Gasteiger partial charge in [-0.2, -0.15) is 0 Å². The van der Waals surface area contributed by atoms with E-state index in [1.54, 1.807) is 24.3 Å². The second kappa shape index (κ2) is 7.45. The number of benzene rings is 1. The minimum atomic E-state index is -0.266. The van der Waals surface area contributed by atoms with Crippen LogP contribution >= 0.6 is 22.9 Å². The molecule has 3 heterocycles. The molecule has 0 saturated heterocycles. The quantitative estimate of drug-likeness (QED) is 0.398.